The molecule has 0 aromatic heterocycles. The van der Waals surface area contributed by atoms with E-state index in [0.29, 0.717) is 31.2 Å². The van der Waals surface area contributed by atoms with Crippen molar-refractivity contribution in [2.45, 2.75) is 46.1 Å². The predicted octanol–water partition coefficient (Wildman–Crippen LogP) is 0.378. The van der Waals surface area contributed by atoms with Gasteiger partial charge in [-0.25, -0.2) is 0 Å². The smallest absolute Gasteiger partial charge is 0.240 e. The molecule has 100 valence electrons. The first-order chi connectivity index (χ1) is 7.92. The van der Waals surface area contributed by atoms with Crippen molar-refractivity contribution in [3.05, 3.63) is 0 Å². The fourth-order valence-corrected chi connectivity index (χ4v) is 1.60. The number of carbonyl (C=O) groups is 2. The molecule has 0 aromatic carbocycles. The van der Waals surface area contributed by atoms with Gasteiger partial charge in [0.25, 0.3) is 0 Å². The number of nitrogens with one attached hydrogen (secondary N) is 1. The highest BCUT2D eigenvalue weighted by Crippen LogP contribution is 2.17. The molecule has 0 aliphatic carbocycles. The minimum Gasteiger partial charge on any atom is -0.368 e. The summed E-state index contributed by atoms with van der Waals surface area (Å²) in [6.07, 6.45) is 1.85. The van der Waals surface area contributed by atoms with Crippen LogP contribution < -0.4 is 16.8 Å². The Kier molecular flexibility index (Phi) is 7.54. The van der Waals surface area contributed by atoms with Crippen molar-refractivity contribution in [2.24, 2.45) is 23.3 Å². The molecular formula is C12H25N3O2. The zero-order valence-corrected chi connectivity index (χ0v) is 11.0. The van der Waals surface area contributed by atoms with Crippen LogP contribution in [0, 0.1) is 11.8 Å². The zero-order chi connectivity index (χ0) is 13.4. The van der Waals surface area contributed by atoms with Crippen LogP contribution >= 0.6 is 0 Å². The van der Waals surface area contributed by atoms with Crippen molar-refractivity contribution in [2.75, 3.05) is 6.54 Å². The summed E-state index contributed by atoms with van der Waals surface area (Å²) < 4.78 is 0. The summed E-state index contributed by atoms with van der Waals surface area (Å²) in [7, 11) is 0. The highest BCUT2D eigenvalue weighted by molar-refractivity contribution is 5.86. The van der Waals surface area contributed by atoms with Gasteiger partial charge in [0.2, 0.25) is 11.8 Å². The second-order valence-electron chi connectivity index (χ2n) is 4.67. The third-order valence-corrected chi connectivity index (χ3v) is 3.26. The van der Waals surface area contributed by atoms with Crippen LogP contribution in [-0.2, 0) is 9.59 Å². The molecule has 0 aromatic rings. The van der Waals surface area contributed by atoms with Gasteiger partial charge in [0.1, 0.15) is 6.04 Å². The van der Waals surface area contributed by atoms with Crippen molar-refractivity contribution in [3.8, 4) is 0 Å². The van der Waals surface area contributed by atoms with E-state index in [2.05, 4.69) is 19.2 Å². The molecule has 2 amide bonds. The van der Waals surface area contributed by atoms with E-state index in [4.69, 9.17) is 11.5 Å². The maximum absolute atomic E-state index is 11.7. The number of rotatable bonds is 8. The van der Waals surface area contributed by atoms with E-state index in [1.165, 1.54) is 0 Å². The highest BCUT2D eigenvalue weighted by Gasteiger charge is 2.20. The summed E-state index contributed by atoms with van der Waals surface area (Å²) in [5, 5.41) is 2.63. The Bertz CT molecular complexity index is 256. The van der Waals surface area contributed by atoms with Gasteiger partial charge in [0.15, 0.2) is 0 Å². The lowest BCUT2D eigenvalue weighted by atomic mass is 9.90. The van der Waals surface area contributed by atoms with E-state index in [9.17, 15) is 9.59 Å². The number of amides is 2. The van der Waals surface area contributed by atoms with Gasteiger partial charge in [-0.3, -0.25) is 9.59 Å². The topological polar surface area (TPSA) is 98.2 Å². The van der Waals surface area contributed by atoms with Crippen molar-refractivity contribution in [3.63, 3.8) is 0 Å². The van der Waals surface area contributed by atoms with Crippen molar-refractivity contribution >= 4 is 11.8 Å². The van der Waals surface area contributed by atoms with Gasteiger partial charge in [0.05, 0.1) is 0 Å². The molecule has 5 N–H and O–H groups in total. The Labute approximate surface area is 103 Å². The molecule has 5 nitrogen and oxygen atoms in total. The minimum atomic E-state index is -0.642. The van der Waals surface area contributed by atoms with Gasteiger partial charge in [-0.15, -0.1) is 0 Å². The summed E-state index contributed by atoms with van der Waals surface area (Å²) in [5.74, 6) is 0.128. The van der Waals surface area contributed by atoms with Crippen LogP contribution in [0.15, 0.2) is 0 Å². The van der Waals surface area contributed by atoms with E-state index in [-0.39, 0.29) is 5.91 Å². The van der Waals surface area contributed by atoms with E-state index in [1.54, 1.807) is 0 Å². The summed E-state index contributed by atoms with van der Waals surface area (Å²) in [5.41, 5.74) is 10.5. The standard InChI is InChI=1S/C12H25N3O2/c1-4-8(2)9(3)7-11(16)15-10(5-6-13)12(14)17/h8-10H,4-7,13H2,1-3H3,(H2,14,17)(H,15,16). The lowest BCUT2D eigenvalue weighted by Crippen LogP contribution is -2.46. The normalized spacial score (nSPS) is 16.0. The summed E-state index contributed by atoms with van der Waals surface area (Å²) >= 11 is 0. The molecule has 0 spiro atoms. The van der Waals surface area contributed by atoms with Gasteiger partial charge < -0.3 is 16.8 Å². The molecule has 0 heterocycles. The third kappa shape index (κ3) is 6.26. The monoisotopic (exact) mass is 243 g/mol. The second kappa shape index (κ2) is 8.06. The van der Waals surface area contributed by atoms with Crippen molar-refractivity contribution in [1.82, 2.24) is 5.32 Å². The van der Waals surface area contributed by atoms with Crippen LogP contribution in [0.1, 0.15) is 40.0 Å². The Hall–Kier alpha value is -1.10. The number of primary amides is 1. The third-order valence-electron chi connectivity index (χ3n) is 3.26. The van der Waals surface area contributed by atoms with Crippen molar-refractivity contribution in [1.29, 1.82) is 0 Å². The van der Waals surface area contributed by atoms with E-state index in [1.807, 2.05) is 6.92 Å². The summed E-state index contributed by atoms with van der Waals surface area (Å²) in [6, 6.07) is -0.642. The first kappa shape index (κ1) is 15.9. The molecule has 3 unspecified atom stereocenters. The molecule has 0 aliphatic heterocycles. The largest absolute Gasteiger partial charge is 0.368 e. The molecule has 0 aliphatic rings. The fourth-order valence-electron chi connectivity index (χ4n) is 1.60. The van der Waals surface area contributed by atoms with Crippen LogP contribution in [0.2, 0.25) is 0 Å². The Balaban J connectivity index is 4.18. The number of hydrogen-bond acceptors (Lipinski definition) is 3. The predicted molar refractivity (Wildman–Crippen MR) is 68.0 cm³/mol. The van der Waals surface area contributed by atoms with Crippen LogP contribution in [0.3, 0.4) is 0 Å². The Morgan fingerprint density at radius 2 is 1.82 bits per heavy atom. The number of carbonyl (C=O) groups excluding carboxylic acids is 2. The highest BCUT2D eigenvalue weighted by atomic mass is 16.2. The molecule has 0 saturated carbocycles. The molecule has 0 radical (unpaired) electrons. The average molecular weight is 243 g/mol. The van der Waals surface area contributed by atoms with E-state index < -0.39 is 11.9 Å². The van der Waals surface area contributed by atoms with Crippen LogP contribution in [0.4, 0.5) is 0 Å². The zero-order valence-electron chi connectivity index (χ0n) is 11.0. The molecule has 3 atom stereocenters. The van der Waals surface area contributed by atoms with Gasteiger partial charge in [-0.05, 0) is 24.8 Å². The first-order valence-corrected chi connectivity index (χ1v) is 6.21. The van der Waals surface area contributed by atoms with E-state index in [0.717, 1.165) is 6.42 Å². The maximum Gasteiger partial charge on any atom is 0.240 e. The van der Waals surface area contributed by atoms with Gasteiger partial charge in [-0.2, -0.15) is 0 Å². The maximum atomic E-state index is 11.7. The quantitative estimate of drug-likeness (QED) is 0.574. The van der Waals surface area contributed by atoms with E-state index >= 15 is 0 Å². The minimum absolute atomic E-state index is 0.130. The number of nitrogens with two attached hydrogens (primary N) is 2. The van der Waals surface area contributed by atoms with Crippen LogP contribution in [-0.4, -0.2) is 24.4 Å². The average Bonchev–Trinajstić information content (AvgIpc) is 2.26. The first-order valence-electron chi connectivity index (χ1n) is 6.21. The fraction of sp³-hybridized carbons (Fsp3) is 0.833. The lowest BCUT2D eigenvalue weighted by molar-refractivity contribution is -0.128. The lowest BCUT2D eigenvalue weighted by Gasteiger charge is -2.20. The van der Waals surface area contributed by atoms with Gasteiger partial charge in [-0.1, -0.05) is 27.2 Å². The summed E-state index contributed by atoms with van der Waals surface area (Å²) in [6.45, 7) is 6.58. The molecule has 5 heteroatoms. The molecule has 0 fully saturated rings. The molecule has 0 rings (SSSR count). The molecule has 0 saturated heterocycles. The Morgan fingerprint density at radius 3 is 2.24 bits per heavy atom. The van der Waals surface area contributed by atoms with Crippen LogP contribution in [0.25, 0.3) is 0 Å². The Morgan fingerprint density at radius 1 is 1.24 bits per heavy atom. The summed E-state index contributed by atoms with van der Waals surface area (Å²) in [4.78, 5) is 22.8. The molecular weight excluding hydrogens is 218 g/mol. The molecule has 17 heavy (non-hydrogen) atoms. The number of hydrogen-bond donors (Lipinski definition) is 3. The van der Waals surface area contributed by atoms with Crippen molar-refractivity contribution < 1.29 is 9.59 Å². The molecule has 0 bridgehead atoms. The second-order valence-corrected chi connectivity index (χ2v) is 4.67. The van der Waals surface area contributed by atoms with Crippen LogP contribution in [0.5, 0.6) is 0 Å². The van der Waals surface area contributed by atoms with Gasteiger partial charge >= 0.3 is 0 Å². The SMILES string of the molecule is CCC(C)C(C)CC(=O)NC(CCN)C(N)=O. The van der Waals surface area contributed by atoms with Gasteiger partial charge in [0, 0.05) is 6.42 Å².